The minimum atomic E-state index is 0.789. The maximum absolute atomic E-state index is 6.04. The van der Waals surface area contributed by atoms with Crippen LogP contribution in [0.3, 0.4) is 0 Å². The molecular formula is C16H20N2O. The van der Waals surface area contributed by atoms with E-state index in [0.717, 1.165) is 41.4 Å². The van der Waals surface area contributed by atoms with Crippen molar-refractivity contribution in [2.45, 2.75) is 26.8 Å². The fourth-order valence-electron chi connectivity index (χ4n) is 2.00. The molecule has 1 N–H and O–H groups in total. The Morgan fingerprint density at radius 3 is 2.63 bits per heavy atom. The number of nitrogens with zero attached hydrogens (tertiary/aromatic N) is 1. The van der Waals surface area contributed by atoms with Crippen molar-refractivity contribution in [3.63, 3.8) is 0 Å². The van der Waals surface area contributed by atoms with Crippen LogP contribution in [0.1, 0.15) is 23.9 Å². The fraction of sp³-hybridized carbons (Fsp3) is 0.312. The Bertz CT molecular complexity index is 552. The standard InChI is InChI=1S/C16H20N2O/c1-4-14-16(10-9-12(2)18-14)19-15-8-6-5-7-13(15)11-17-3/h5-10,17H,4,11H2,1-3H3. The Morgan fingerprint density at radius 1 is 1.11 bits per heavy atom. The van der Waals surface area contributed by atoms with E-state index < -0.39 is 0 Å². The normalized spacial score (nSPS) is 10.5. The van der Waals surface area contributed by atoms with Crippen LogP contribution in [-0.2, 0) is 13.0 Å². The Labute approximate surface area is 114 Å². The molecule has 1 aromatic carbocycles. The molecule has 0 aliphatic heterocycles. The van der Waals surface area contributed by atoms with Gasteiger partial charge in [-0.2, -0.15) is 0 Å². The van der Waals surface area contributed by atoms with E-state index in [2.05, 4.69) is 23.3 Å². The molecule has 0 unspecified atom stereocenters. The quantitative estimate of drug-likeness (QED) is 0.889. The minimum Gasteiger partial charge on any atom is -0.455 e. The summed E-state index contributed by atoms with van der Waals surface area (Å²) in [5.74, 6) is 1.73. The molecular weight excluding hydrogens is 236 g/mol. The summed E-state index contributed by atoms with van der Waals surface area (Å²) in [4.78, 5) is 4.52. The van der Waals surface area contributed by atoms with Crippen LogP contribution in [0, 0.1) is 6.92 Å². The molecule has 0 saturated carbocycles. The van der Waals surface area contributed by atoms with E-state index in [1.54, 1.807) is 0 Å². The van der Waals surface area contributed by atoms with Crippen molar-refractivity contribution >= 4 is 0 Å². The van der Waals surface area contributed by atoms with E-state index in [-0.39, 0.29) is 0 Å². The zero-order chi connectivity index (χ0) is 13.7. The highest BCUT2D eigenvalue weighted by molar-refractivity contribution is 5.39. The first kappa shape index (κ1) is 13.6. The lowest BCUT2D eigenvalue weighted by Crippen LogP contribution is -2.06. The molecule has 0 amide bonds. The molecule has 100 valence electrons. The lowest BCUT2D eigenvalue weighted by atomic mass is 10.2. The summed E-state index contributed by atoms with van der Waals surface area (Å²) in [6, 6.07) is 12.0. The van der Waals surface area contributed by atoms with Gasteiger partial charge in [0.2, 0.25) is 0 Å². The van der Waals surface area contributed by atoms with Gasteiger partial charge in [-0.1, -0.05) is 25.1 Å². The summed E-state index contributed by atoms with van der Waals surface area (Å²) in [5, 5.41) is 3.15. The van der Waals surface area contributed by atoms with Crippen LogP contribution in [0.4, 0.5) is 0 Å². The smallest absolute Gasteiger partial charge is 0.148 e. The molecule has 0 atom stereocenters. The van der Waals surface area contributed by atoms with Crippen LogP contribution >= 0.6 is 0 Å². The molecule has 3 nitrogen and oxygen atoms in total. The first-order valence-electron chi connectivity index (χ1n) is 6.61. The monoisotopic (exact) mass is 256 g/mol. The summed E-state index contributed by atoms with van der Waals surface area (Å²) in [5.41, 5.74) is 3.17. The molecule has 0 aliphatic rings. The van der Waals surface area contributed by atoms with Gasteiger partial charge in [-0.05, 0) is 38.6 Å². The van der Waals surface area contributed by atoms with Crippen molar-refractivity contribution in [3.8, 4) is 11.5 Å². The van der Waals surface area contributed by atoms with Crippen LogP contribution in [-0.4, -0.2) is 12.0 Å². The fourth-order valence-corrected chi connectivity index (χ4v) is 2.00. The van der Waals surface area contributed by atoms with E-state index in [4.69, 9.17) is 4.74 Å². The number of ether oxygens (including phenoxy) is 1. The first-order valence-corrected chi connectivity index (χ1v) is 6.61. The van der Waals surface area contributed by atoms with Gasteiger partial charge in [0.05, 0.1) is 5.69 Å². The van der Waals surface area contributed by atoms with Gasteiger partial charge in [0, 0.05) is 17.8 Å². The van der Waals surface area contributed by atoms with Gasteiger partial charge in [-0.15, -0.1) is 0 Å². The second-order valence-electron chi connectivity index (χ2n) is 4.49. The van der Waals surface area contributed by atoms with Crippen molar-refractivity contribution in [2.24, 2.45) is 0 Å². The summed E-state index contributed by atoms with van der Waals surface area (Å²) < 4.78 is 6.04. The van der Waals surface area contributed by atoms with Crippen molar-refractivity contribution in [1.82, 2.24) is 10.3 Å². The summed E-state index contributed by atoms with van der Waals surface area (Å²) in [7, 11) is 1.93. The molecule has 1 heterocycles. The summed E-state index contributed by atoms with van der Waals surface area (Å²) >= 11 is 0. The average molecular weight is 256 g/mol. The topological polar surface area (TPSA) is 34.1 Å². The molecule has 1 aromatic heterocycles. The van der Waals surface area contributed by atoms with Crippen molar-refractivity contribution < 1.29 is 4.74 Å². The van der Waals surface area contributed by atoms with Crippen LogP contribution in [0.5, 0.6) is 11.5 Å². The van der Waals surface area contributed by atoms with Gasteiger partial charge in [-0.3, -0.25) is 4.98 Å². The number of pyridine rings is 1. The number of para-hydroxylation sites is 1. The number of aryl methyl sites for hydroxylation is 2. The number of benzene rings is 1. The second-order valence-corrected chi connectivity index (χ2v) is 4.49. The van der Waals surface area contributed by atoms with E-state index in [1.165, 1.54) is 0 Å². The third kappa shape index (κ3) is 3.32. The van der Waals surface area contributed by atoms with Gasteiger partial charge >= 0.3 is 0 Å². The van der Waals surface area contributed by atoms with E-state index in [0.29, 0.717) is 0 Å². The molecule has 0 aliphatic carbocycles. The van der Waals surface area contributed by atoms with Gasteiger partial charge in [0.25, 0.3) is 0 Å². The lowest BCUT2D eigenvalue weighted by molar-refractivity contribution is 0.465. The molecule has 2 aromatic rings. The van der Waals surface area contributed by atoms with Gasteiger partial charge in [0.1, 0.15) is 11.5 Å². The second kappa shape index (κ2) is 6.34. The van der Waals surface area contributed by atoms with Crippen molar-refractivity contribution in [3.05, 3.63) is 53.3 Å². The predicted molar refractivity (Wildman–Crippen MR) is 77.6 cm³/mol. The number of hydrogen-bond acceptors (Lipinski definition) is 3. The molecule has 0 radical (unpaired) electrons. The maximum atomic E-state index is 6.04. The van der Waals surface area contributed by atoms with Crippen molar-refractivity contribution in [1.29, 1.82) is 0 Å². The largest absolute Gasteiger partial charge is 0.455 e. The molecule has 0 saturated heterocycles. The summed E-state index contributed by atoms with van der Waals surface area (Å²) in [6.07, 6.45) is 0.866. The Kier molecular flexibility index (Phi) is 4.53. The highest BCUT2D eigenvalue weighted by Crippen LogP contribution is 2.27. The van der Waals surface area contributed by atoms with E-state index >= 15 is 0 Å². The third-order valence-electron chi connectivity index (χ3n) is 2.97. The predicted octanol–water partition coefficient (Wildman–Crippen LogP) is 3.46. The zero-order valence-electron chi connectivity index (χ0n) is 11.7. The Morgan fingerprint density at radius 2 is 1.89 bits per heavy atom. The van der Waals surface area contributed by atoms with E-state index in [9.17, 15) is 0 Å². The third-order valence-corrected chi connectivity index (χ3v) is 2.97. The molecule has 0 spiro atoms. The number of hydrogen-bond donors (Lipinski definition) is 1. The number of rotatable bonds is 5. The first-order chi connectivity index (χ1) is 9.24. The average Bonchev–Trinajstić information content (AvgIpc) is 2.43. The van der Waals surface area contributed by atoms with Crippen LogP contribution in [0.15, 0.2) is 36.4 Å². The SMILES string of the molecule is CCc1nc(C)ccc1Oc1ccccc1CNC. The van der Waals surface area contributed by atoms with Gasteiger partial charge < -0.3 is 10.1 Å². The van der Waals surface area contributed by atoms with Gasteiger partial charge in [0.15, 0.2) is 0 Å². The molecule has 0 fully saturated rings. The molecule has 2 rings (SSSR count). The zero-order valence-corrected chi connectivity index (χ0v) is 11.7. The highest BCUT2D eigenvalue weighted by atomic mass is 16.5. The maximum Gasteiger partial charge on any atom is 0.148 e. The molecule has 0 bridgehead atoms. The molecule has 3 heteroatoms. The van der Waals surface area contributed by atoms with Crippen molar-refractivity contribution in [2.75, 3.05) is 7.05 Å². The van der Waals surface area contributed by atoms with Crippen LogP contribution in [0.2, 0.25) is 0 Å². The highest BCUT2D eigenvalue weighted by Gasteiger charge is 2.08. The Balaban J connectivity index is 2.30. The van der Waals surface area contributed by atoms with Crippen LogP contribution in [0.25, 0.3) is 0 Å². The minimum absolute atomic E-state index is 0.789. The van der Waals surface area contributed by atoms with E-state index in [1.807, 2.05) is 44.3 Å². The number of nitrogens with one attached hydrogen (secondary N) is 1. The lowest BCUT2D eigenvalue weighted by Gasteiger charge is -2.13. The molecule has 19 heavy (non-hydrogen) atoms. The summed E-state index contributed by atoms with van der Waals surface area (Å²) in [6.45, 7) is 4.88. The number of aromatic nitrogens is 1. The van der Waals surface area contributed by atoms with Crippen LogP contribution < -0.4 is 10.1 Å². The Hall–Kier alpha value is -1.87. The van der Waals surface area contributed by atoms with Gasteiger partial charge in [-0.25, -0.2) is 0 Å².